The van der Waals surface area contributed by atoms with Gasteiger partial charge in [0.1, 0.15) is 17.3 Å². The molecule has 1 N–H and O–H groups in total. The molecular weight excluding hydrogens is 392 g/mol. The van der Waals surface area contributed by atoms with Crippen LogP contribution >= 0.6 is 0 Å². The number of hydrogen-bond acceptors (Lipinski definition) is 5. The number of para-hydroxylation sites is 1. The van der Waals surface area contributed by atoms with E-state index in [0.717, 1.165) is 47.8 Å². The molecule has 0 saturated carbocycles. The highest BCUT2D eigenvalue weighted by molar-refractivity contribution is 5.91. The molecule has 2 heterocycles. The number of anilines is 1. The minimum absolute atomic E-state index is 0.0588. The largest absolute Gasteiger partial charge is 0.497 e. The summed E-state index contributed by atoms with van der Waals surface area (Å²) in [4.78, 5) is 15.2. The molecule has 4 rings (SSSR count). The van der Waals surface area contributed by atoms with Crippen molar-refractivity contribution in [1.82, 2.24) is 14.7 Å². The quantitative estimate of drug-likeness (QED) is 0.626. The lowest BCUT2D eigenvalue weighted by atomic mass is 10.0. The normalized spacial score (nSPS) is 16.3. The third-order valence-corrected chi connectivity index (χ3v) is 5.61. The lowest BCUT2D eigenvalue weighted by Crippen LogP contribution is -2.33. The fourth-order valence-corrected chi connectivity index (χ4v) is 4.18. The lowest BCUT2D eigenvalue weighted by molar-refractivity contribution is -0.117. The van der Waals surface area contributed by atoms with E-state index in [2.05, 4.69) is 15.3 Å². The van der Waals surface area contributed by atoms with Crippen LogP contribution in [0.1, 0.15) is 30.1 Å². The molecule has 1 atom stereocenters. The summed E-state index contributed by atoms with van der Waals surface area (Å²) in [5, 5.41) is 7.57. The number of nitrogens with one attached hydrogen (secondary N) is 1. The predicted octanol–water partition coefficient (Wildman–Crippen LogP) is 3.97. The van der Waals surface area contributed by atoms with Gasteiger partial charge in [-0.3, -0.25) is 9.69 Å². The van der Waals surface area contributed by atoms with Gasteiger partial charge in [0.2, 0.25) is 5.91 Å². The number of aromatic nitrogens is 2. The van der Waals surface area contributed by atoms with Crippen molar-refractivity contribution in [3.8, 4) is 17.2 Å². The molecule has 1 unspecified atom stereocenters. The maximum Gasteiger partial charge on any atom is 0.239 e. The Morgan fingerprint density at radius 2 is 1.94 bits per heavy atom. The topological polar surface area (TPSA) is 68.6 Å². The molecule has 1 saturated heterocycles. The van der Waals surface area contributed by atoms with Gasteiger partial charge >= 0.3 is 0 Å². The van der Waals surface area contributed by atoms with E-state index in [4.69, 9.17) is 9.47 Å². The molecule has 7 nitrogen and oxygen atoms in total. The number of rotatable bonds is 7. The molecule has 0 radical (unpaired) electrons. The molecule has 1 aromatic heterocycles. The molecule has 1 amide bonds. The molecule has 1 aliphatic heterocycles. The fraction of sp³-hybridized carbons (Fsp3) is 0.333. The molecule has 0 spiro atoms. The van der Waals surface area contributed by atoms with Crippen LogP contribution in [-0.4, -0.2) is 47.9 Å². The van der Waals surface area contributed by atoms with Crippen molar-refractivity contribution >= 4 is 11.7 Å². The molecule has 3 aromatic rings. The molecule has 1 fully saturated rings. The number of nitrogens with zero attached hydrogens (tertiary/aromatic N) is 3. The predicted molar refractivity (Wildman–Crippen MR) is 120 cm³/mol. The first kappa shape index (κ1) is 20.9. The van der Waals surface area contributed by atoms with E-state index in [1.165, 1.54) is 0 Å². The van der Waals surface area contributed by atoms with Crippen LogP contribution in [0.25, 0.3) is 5.69 Å². The zero-order valence-corrected chi connectivity index (χ0v) is 18.2. The highest BCUT2D eigenvalue weighted by atomic mass is 16.5. The van der Waals surface area contributed by atoms with Crippen molar-refractivity contribution in [3.05, 3.63) is 65.9 Å². The Balaban J connectivity index is 1.49. The zero-order valence-electron chi connectivity index (χ0n) is 18.2. The number of aryl methyl sites for hydroxylation is 1. The Labute approximate surface area is 182 Å². The van der Waals surface area contributed by atoms with E-state index in [1.807, 2.05) is 61.5 Å². The molecule has 0 aliphatic carbocycles. The fourth-order valence-electron chi connectivity index (χ4n) is 4.18. The summed E-state index contributed by atoms with van der Waals surface area (Å²) >= 11 is 0. The van der Waals surface area contributed by atoms with E-state index in [-0.39, 0.29) is 11.9 Å². The van der Waals surface area contributed by atoms with Crippen molar-refractivity contribution in [1.29, 1.82) is 0 Å². The summed E-state index contributed by atoms with van der Waals surface area (Å²) in [6, 6.07) is 17.7. The summed E-state index contributed by atoms with van der Waals surface area (Å²) in [7, 11) is 3.31. The van der Waals surface area contributed by atoms with Gasteiger partial charge in [-0.15, -0.1) is 0 Å². The highest BCUT2D eigenvalue weighted by Gasteiger charge is 2.30. The maximum atomic E-state index is 12.9. The Morgan fingerprint density at radius 1 is 1.13 bits per heavy atom. The van der Waals surface area contributed by atoms with Gasteiger partial charge in [-0.1, -0.05) is 24.3 Å². The number of carbonyl (C=O) groups excluding carboxylic acids is 1. The number of ether oxygens (including phenoxy) is 2. The van der Waals surface area contributed by atoms with Crippen molar-refractivity contribution < 1.29 is 14.3 Å². The number of amides is 1. The Morgan fingerprint density at radius 3 is 2.68 bits per heavy atom. The first-order valence-electron chi connectivity index (χ1n) is 10.5. The lowest BCUT2D eigenvalue weighted by Gasteiger charge is -2.26. The standard InChI is InChI=1S/C24H28N4O3/c1-17-14-23(28(26-17)18-8-5-4-6-9-18)25-24(29)16-27-13-7-10-21(27)20-12-11-19(30-2)15-22(20)31-3/h4-6,8-9,11-12,14-15,21H,7,10,13,16H2,1-3H3,(H,25,29). The van der Waals surface area contributed by atoms with Crippen LogP contribution in [0.3, 0.4) is 0 Å². The second-order valence-electron chi connectivity index (χ2n) is 7.70. The summed E-state index contributed by atoms with van der Waals surface area (Å²) in [5.41, 5.74) is 2.84. The van der Waals surface area contributed by atoms with E-state index in [0.29, 0.717) is 12.4 Å². The summed E-state index contributed by atoms with van der Waals surface area (Å²) in [5.74, 6) is 2.16. The minimum Gasteiger partial charge on any atom is -0.497 e. The third kappa shape index (κ3) is 4.56. The number of benzene rings is 2. The van der Waals surface area contributed by atoms with Crippen LogP contribution in [0, 0.1) is 6.92 Å². The zero-order chi connectivity index (χ0) is 21.8. The number of likely N-dealkylation sites (tertiary alicyclic amines) is 1. The Hall–Kier alpha value is -3.32. The second kappa shape index (κ2) is 9.22. The van der Waals surface area contributed by atoms with Crippen molar-refractivity contribution in [2.45, 2.75) is 25.8 Å². The van der Waals surface area contributed by atoms with Crippen molar-refractivity contribution in [3.63, 3.8) is 0 Å². The molecular formula is C24H28N4O3. The monoisotopic (exact) mass is 420 g/mol. The average molecular weight is 421 g/mol. The molecule has 1 aliphatic rings. The number of hydrogen-bond donors (Lipinski definition) is 1. The van der Waals surface area contributed by atoms with Crippen molar-refractivity contribution in [2.75, 3.05) is 32.6 Å². The first-order valence-corrected chi connectivity index (χ1v) is 10.5. The third-order valence-electron chi connectivity index (χ3n) is 5.61. The molecule has 2 aromatic carbocycles. The van der Waals surface area contributed by atoms with Gasteiger partial charge in [-0.25, -0.2) is 4.68 Å². The van der Waals surface area contributed by atoms with Crippen LogP contribution in [0.2, 0.25) is 0 Å². The van der Waals surface area contributed by atoms with Gasteiger partial charge in [0, 0.05) is 23.7 Å². The minimum atomic E-state index is -0.0588. The van der Waals surface area contributed by atoms with Crippen LogP contribution in [0.15, 0.2) is 54.6 Å². The number of methoxy groups -OCH3 is 2. The van der Waals surface area contributed by atoms with Crippen LogP contribution in [0.5, 0.6) is 11.5 Å². The van der Waals surface area contributed by atoms with Gasteiger partial charge in [0.25, 0.3) is 0 Å². The van der Waals surface area contributed by atoms with Gasteiger partial charge in [0.05, 0.1) is 32.1 Å². The molecule has 7 heteroatoms. The van der Waals surface area contributed by atoms with Crippen LogP contribution in [-0.2, 0) is 4.79 Å². The Kier molecular flexibility index (Phi) is 6.23. The summed E-state index contributed by atoms with van der Waals surface area (Å²) < 4.78 is 12.7. The summed E-state index contributed by atoms with van der Waals surface area (Å²) in [6.07, 6.45) is 2.02. The first-order chi connectivity index (χ1) is 15.1. The molecule has 0 bridgehead atoms. The van der Waals surface area contributed by atoms with Gasteiger partial charge in [0.15, 0.2) is 0 Å². The van der Waals surface area contributed by atoms with Gasteiger partial charge in [-0.2, -0.15) is 5.10 Å². The highest BCUT2D eigenvalue weighted by Crippen LogP contribution is 2.38. The Bertz CT molecular complexity index is 1050. The van der Waals surface area contributed by atoms with E-state index >= 15 is 0 Å². The molecule has 31 heavy (non-hydrogen) atoms. The van der Waals surface area contributed by atoms with Crippen LogP contribution < -0.4 is 14.8 Å². The van der Waals surface area contributed by atoms with Gasteiger partial charge in [-0.05, 0) is 44.5 Å². The smallest absolute Gasteiger partial charge is 0.239 e. The van der Waals surface area contributed by atoms with Crippen molar-refractivity contribution in [2.24, 2.45) is 0 Å². The number of carbonyl (C=O) groups is 1. The average Bonchev–Trinajstić information content (AvgIpc) is 3.39. The second-order valence-corrected chi connectivity index (χ2v) is 7.70. The molecule has 162 valence electrons. The van der Waals surface area contributed by atoms with Crippen LogP contribution in [0.4, 0.5) is 5.82 Å². The SMILES string of the molecule is COc1ccc(C2CCCN2CC(=O)Nc2cc(C)nn2-c2ccccc2)c(OC)c1. The maximum absolute atomic E-state index is 12.9. The summed E-state index contributed by atoms with van der Waals surface area (Å²) in [6.45, 7) is 3.09. The van der Waals surface area contributed by atoms with E-state index in [1.54, 1.807) is 18.9 Å². The van der Waals surface area contributed by atoms with E-state index < -0.39 is 0 Å². The van der Waals surface area contributed by atoms with Gasteiger partial charge < -0.3 is 14.8 Å². The van der Waals surface area contributed by atoms with E-state index in [9.17, 15) is 4.79 Å².